The second kappa shape index (κ2) is 4.94. The molecule has 2 unspecified atom stereocenters. The second-order valence-corrected chi connectivity index (χ2v) is 5.06. The van der Waals surface area contributed by atoms with Crippen LogP contribution in [0.15, 0.2) is 0 Å². The third kappa shape index (κ3) is 3.80. The maximum Gasteiger partial charge on any atom is 0.223 e. The molecule has 1 amide bonds. The van der Waals surface area contributed by atoms with Gasteiger partial charge in [0.15, 0.2) is 0 Å². The molecule has 1 saturated carbocycles. The van der Waals surface area contributed by atoms with Gasteiger partial charge in [-0.2, -0.15) is 0 Å². The van der Waals surface area contributed by atoms with E-state index in [4.69, 9.17) is 5.73 Å². The molecule has 0 saturated heterocycles. The third-order valence-electron chi connectivity index (χ3n) is 2.99. The molecule has 1 rings (SSSR count). The van der Waals surface area contributed by atoms with Crippen molar-refractivity contribution < 1.29 is 9.90 Å². The zero-order chi connectivity index (χ0) is 11.5. The van der Waals surface area contributed by atoms with Gasteiger partial charge < -0.3 is 16.2 Å². The molecule has 2 atom stereocenters. The number of aliphatic hydroxyl groups is 1. The highest BCUT2D eigenvalue weighted by Gasteiger charge is 2.32. The minimum absolute atomic E-state index is 0.0464. The summed E-state index contributed by atoms with van der Waals surface area (Å²) in [4.78, 5) is 11.8. The molecular formula is C11H22N2O2. The van der Waals surface area contributed by atoms with Crippen LogP contribution in [-0.4, -0.2) is 29.7 Å². The van der Waals surface area contributed by atoms with Crippen molar-refractivity contribution in [3.05, 3.63) is 0 Å². The average Bonchev–Trinajstić information content (AvgIpc) is 2.60. The number of carbonyl (C=O) groups is 1. The normalized spacial score (nSPS) is 26.7. The predicted octanol–water partition coefficient (Wildman–Crippen LogP) is 0.249. The maximum absolute atomic E-state index is 11.8. The summed E-state index contributed by atoms with van der Waals surface area (Å²) in [5.74, 6) is 0.425. The Kier molecular flexibility index (Phi) is 4.11. The van der Waals surface area contributed by atoms with Crippen molar-refractivity contribution in [3.63, 3.8) is 0 Å². The van der Waals surface area contributed by atoms with Crippen molar-refractivity contribution in [2.45, 2.75) is 38.7 Å². The Balaban J connectivity index is 2.40. The van der Waals surface area contributed by atoms with E-state index in [9.17, 15) is 9.90 Å². The van der Waals surface area contributed by atoms with Gasteiger partial charge in [-0.05, 0) is 39.2 Å². The average molecular weight is 214 g/mol. The van der Waals surface area contributed by atoms with E-state index in [2.05, 4.69) is 5.32 Å². The number of amides is 1. The molecule has 1 aliphatic carbocycles. The summed E-state index contributed by atoms with van der Waals surface area (Å²) in [5, 5.41) is 12.3. The number of nitrogens with two attached hydrogens (primary N) is 1. The van der Waals surface area contributed by atoms with Crippen LogP contribution in [-0.2, 0) is 4.79 Å². The van der Waals surface area contributed by atoms with Gasteiger partial charge in [0.25, 0.3) is 0 Å². The first kappa shape index (κ1) is 12.5. The second-order valence-electron chi connectivity index (χ2n) is 5.06. The van der Waals surface area contributed by atoms with Crippen LogP contribution in [0, 0.1) is 11.8 Å². The van der Waals surface area contributed by atoms with E-state index in [1.165, 1.54) is 0 Å². The quantitative estimate of drug-likeness (QED) is 0.628. The fourth-order valence-electron chi connectivity index (χ4n) is 2.10. The minimum Gasteiger partial charge on any atom is -0.389 e. The third-order valence-corrected chi connectivity index (χ3v) is 2.99. The smallest absolute Gasteiger partial charge is 0.223 e. The lowest BCUT2D eigenvalue weighted by Gasteiger charge is -2.21. The maximum atomic E-state index is 11.8. The molecule has 88 valence electrons. The summed E-state index contributed by atoms with van der Waals surface area (Å²) in [6.07, 6.45) is 3.07. The zero-order valence-electron chi connectivity index (χ0n) is 9.62. The summed E-state index contributed by atoms with van der Waals surface area (Å²) in [6.45, 7) is 4.25. The summed E-state index contributed by atoms with van der Waals surface area (Å²) in [6, 6.07) is 0. The van der Waals surface area contributed by atoms with E-state index >= 15 is 0 Å². The van der Waals surface area contributed by atoms with E-state index < -0.39 is 5.60 Å². The molecular weight excluding hydrogens is 192 g/mol. The Hall–Kier alpha value is -0.610. The van der Waals surface area contributed by atoms with E-state index in [0.29, 0.717) is 19.0 Å². The minimum atomic E-state index is -0.841. The number of rotatable bonds is 4. The van der Waals surface area contributed by atoms with E-state index in [-0.39, 0.29) is 11.8 Å². The summed E-state index contributed by atoms with van der Waals surface area (Å²) < 4.78 is 0. The molecule has 1 fully saturated rings. The van der Waals surface area contributed by atoms with Crippen LogP contribution in [0.5, 0.6) is 0 Å². The van der Waals surface area contributed by atoms with Gasteiger partial charge in [-0.1, -0.05) is 6.42 Å². The van der Waals surface area contributed by atoms with Gasteiger partial charge in [-0.25, -0.2) is 0 Å². The monoisotopic (exact) mass is 214 g/mol. The Labute approximate surface area is 91.2 Å². The number of carbonyl (C=O) groups excluding carboxylic acids is 1. The zero-order valence-corrected chi connectivity index (χ0v) is 9.62. The van der Waals surface area contributed by atoms with Crippen molar-refractivity contribution in [2.75, 3.05) is 13.1 Å². The van der Waals surface area contributed by atoms with Crippen LogP contribution in [0.3, 0.4) is 0 Å². The molecule has 15 heavy (non-hydrogen) atoms. The molecule has 4 heteroatoms. The first-order valence-corrected chi connectivity index (χ1v) is 5.64. The van der Waals surface area contributed by atoms with Crippen LogP contribution in [0.2, 0.25) is 0 Å². The topological polar surface area (TPSA) is 75.3 Å². The molecule has 0 radical (unpaired) electrons. The van der Waals surface area contributed by atoms with Crippen LogP contribution in [0.4, 0.5) is 0 Å². The lowest BCUT2D eigenvalue weighted by atomic mass is 9.95. The van der Waals surface area contributed by atoms with Crippen molar-refractivity contribution >= 4 is 5.91 Å². The van der Waals surface area contributed by atoms with Crippen molar-refractivity contribution in [2.24, 2.45) is 17.6 Å². The van der Waals surface area contributed by atoms with Gasteiger partial charge in [0.2, 0.25) is 5.91 Å². The summed E-state index contributed by atoms with van der Waals surface area (Å²) in [7, 11) is 0. The Morgan fingerprint density at radius 2 is 2.20 bits per heavy atom. The van der Waals surface area contributed by atoms with E-state index in [1.807, 2.05) is 0 Å². The molecule has 0 bridgehead atoms. The van der Waals surface area contributed by atoms with Gasteiger partial charge >= 0.3 is 0 Å². The standard InChI is InChI=1S/C11H22N2O2/c1-11(2,15)7-13-10(14)9-5-3-4-8(9)6-12/h8-9,15H,3-7,12H2,1-2H3,(H,13,14). The van der Waals surface area contributed by atoms with Gasteiger partial charge in [0.1, 0.15) is 0 Å². The largest absolute Gasteiger partial charge is 0.389 e. The van der Waals surface area contributed by atoms with Crippen LogP contribution in [0.1, 0.15) is 33.1 Å². The van der Waals surface area contributed by atoms with Gasteiger partial charge in [-0.15, -0.1) is 0 Å². The first-order valence-electron chi connectivity index (χ1n) is 5.64. The summed E-state index contributed by atoms with van der Waals surface area (Å²) >= 11 is 0. The van der Waals surface area contributed by atoms with Gasteiger partial charge in [0.05, 0.1) is 5.60 Å². The number of hydrogen-bond acceptors (Lipinski definition) is 3. The molecule has 4 nitrogen and oxygen atoms in total. The highest BCUT2D eigenvalue weighted by molar-refractivity contribution is 5.79. The molecule has 1 aliphatic rings. The van der Waals surface area contributed by atoms with Crippen LogP contribution >= 0.6 is 0 Å². The van der Waals surface area contributed by atoms with Gasteiger partial charge in [-0.3, -0.25) is 4.79 Å². The highest BCUT2D eigenvalue weighted by atomic mass is 16.3. The molecule has 0 aromatic heterocycles. The van der Waals surface area contributed by atoms with E-state index in [1.54, 1.807) is 13.8 Å². The lowest BCUT2D eigenvalue weighted by Crippen LogP contribution is -2.42. The van der Waals surface area contributed by atoms with Crippen molar-refractivity contribution in [1.29, 1.82) is 0 Å². The first-order chi connectivity index (χ1) is 6.94. The highest BCUT2D eigenvalue weighted by Crippen LogP contribution is 2.30. The molecule has 4 N–H and O–H groups in total. The van der Waals surface area contributed by atoms with Gasteiger partial charge in [0, 0.05) is 12.5 Å². The van der Waals surface area contributed by atoms with Crippen LogP contribution in [0.25, 0.3) is 0 Å². The predicted molar refractivity (Wildman–Crippen MR) is 59.2 cm³/mol. The summed E-state index contributed by atoms with van der Waals surface area (Å²) in [5.41, 5.74) is 4.77. The number of hydrogen-bond donors (Lipinski definition) is 3. The Bertz CT molecular complexity index is 223. The van der Waals surface area contributed by atoms with Crippen molar-refractivity contribution in [3.8, 4) is 0 Å². The molecule has 0 aromatic rings. The Morgan fingerprint density at radius 1 is 1.53 bits per heavy atom. The fraction of sp³-hybridized carbons (Fsp3) is 0.909. The SMILES string of the molecule is CC(C)(O)CNC(=O)C1CCCC1CN. The fourth-order valence-corrected chi connectivity index (χ4v) is 2.10. The Morgan fingerprint density at radius 3 is 2.73 bits per heavy atom. The molecule has 0 spiro atoms. The van der Waals surface area contributed by atoms with E-state index in [0.717, 1.165) is 19.3 Å². The van der Waals surface area contributed by atoms with Crippen LogP contribution < -0.4 is 11.1 Å². The molecule has 0 heterocycles. The van der Waals surface area contributed by atoms with Crippen molar-refractivity contribution in [1.82, 2.24) is 5.32 Å². The molecule has 0 aromatic carbocycles. The lowest BCUT2D eigenvalue weighted by molar-refractivity contribution is -0.127. The molecule has 0 aliphatic heterocycles. The number of nitrogens with one attached hydrogen (secondary N) is 1.